The maximum absolute atomic E-state index is 9.12. The van der Waals surface area contributed by atoms with Crippen LogP contribution in [0.2, 0.25) is 5.15 Å². The van der Waals surface area contributed by atoms with Gasteiger partial charge >= 0.3 is 0 Å². The molecule has 0 radical (unpaired) electrons. The second-order valence-electron chi connectivity index (χ2n) is 4.04. The van der Waals surface area contributed by atoms with Crippen LogP contribution >= 0.6 is 11.6 Å². The molecule has 0 atom stereocenters. The van der Waals surface area contributed by atoms with Crippen molar-refractivity contribution in [1.29, 1.82) is 5.26 Å². The van der Waals surface area contributed by atoms with E-state index in [-0.39, 0.29) is 0 Å². The van der Waals surface area contributed by atoms with Crippen molar-refractivity contribution in [3.05, 3.63) is 40.7 Å². The van der Waals surface area contributed by atoms with Gasteiger partial charge in [-0.25, -0.2) is 0 Å². The lowest BCUT2D eigenvalue weighted by Crippen LogP contribution is -1.91. The number of ether oxygens (including phenoxy) is 1. The highest BCUT2D eigenvalue weighted by atomic mass is 35.5. The van der Waals surface area contributed by atoms with Crippen LogP contribution in [0, 0.1) is 18.3 Å². The molecule has 0 N–H and O–H groups in total. The highest BCUT2D eigenvalue weighted by molar-refractivity contribution is 6.32. The Hall–Kier alpha value is -1.92. The smallest absolute Gasteiger partial charge is 0.124 e. The fourth-order valence-electron chi connectivity index (χ4n) is 2.04. The Labute approximate surface area is 111 Å². The first-order valence-corrected chi connectivity index (χ1v) is 5.87. The van der Waals surface area contributed by atoms with Crippen molar-refractivity contribution in [2.24, 2.45) is 7.05 Å². The highest BCUT2D eigenvalue weighted by Gasteiger charge is 2.17. The van der Waals surface area contributed by atoms with Gasteiger partial charge in [0.05, 0.1) is 7.11 Å². The first kappa shape index (κ1) is 12.5. The quantitative estimate of drug-likeness (QED) is 0.828. The van der Waals surface area contributed by atoms with Crippen LogP contribution < -0.4 is 4.74 Å². The first-order valence-electron chi connectivity index (χ1n) is 5.49. The minimum atomic E-state index is 0.578. The molecule has 0 spiro atoms. The molecule has 0 saturated carbocycles. The zero-order valence-corrected chi connectivity index (χ0v) is 11.2. The molecule has 0 bridgehead atoms. The van der Waals surface area contributed by atoms with Crippen LogP contribution in [0.25, 0.3) is 11.1 Å². The maximum Gasteiger partial charge on any atom is 0.124 e. The van der Waals surface area contributed by atoms with Crippen LogP contribution in [0.4, 0.5) is 0 Å². The molecule has 1 heterocycles. The molecule has 3 nitrogen and oxygen atoms in total. The van der Waals surface area contributed by atoms with Gasteiger partial charge in [-0.2, -0.15) is 5.26 Å². The summed E-state index contributed by atoms with van der Waals surface area (Å²) in [7, 11) is 3.42. The van der Waals surface area contributed by atoms with Crippen LogP contribution in [0.3, 0.4) is 0 Å². The van der Waals surface area contributed by atoms with Gasteiger partial charge in [0, 0.05) is 12.6 Å². The van der Waals surface area contributed by atoms with Crippen molar-refractivity contribution in [3.8, 4) is 22.9 Å². The predicted octanol–water partition coefficient (Wildman–Crippen LogP) is 3.53. The number of aromatic nitrogens is 1. The van der Waals surface area contributed by atoms with Crippen LogP contribution in [0.5, 0.6) is 5.75 Å². The fourth-order valence-corrected chi connectivity index (χ4v) is 2.38. The summed E-state index contributed by atoms with van der Waals surface area (Å²) in [5.41, 5.74) is 3.37. The van der Waals surface area contributed by atoms with Gasteiger partial charge in [0.2, 0.25) is 0 Å². The van der Waals surface area contributed by atoms with Gasteiger partial charge in [-0.3, -0.25) is 0 Å². The van der Waals surface area contributed by atoms with Crippen molar-refractivity contribution in [2.45, 2.75) is 6.92 Å². The van der Waals surface area contributed by atoms with Gasteiger partial charge in [-0.15, -0.1) is 0 Å². The summed E-state index contributed by atoms with van der Waals surface area (Å²) in [6, 6.07) is 9.81. The third kappa shape index (κ3) is 1.85. The van der Waals surface area contributed by atoms with E-state index in [2.05, 4.69) is 6.07 Å². The van der Waals surface area contributed by atoms with E-state index >= 15 is 0 Å². The zero-order valence-electron chi connectivity index (χ0n) is 10.5. The van der Waals surface area contributed by atoms with E-state index in [9.17, 15) is 0 Å². The summed E-state index contributed by atoms with van der Waals surface area (Å²) >= 11 is 6.29. The van der Waals surface area contributed by atoms with E-state index in [0.717, 1.165) is 22.4 Å². The monoisotopic (exact) mass is 260 g/mol. The van der Waals surface area contributed by atoms with E-state index in [1.807, 2.05) is 31.2 Å². The standard InChI is InChI=1S/C14H13ClN2O/c1-9-12(8-16)17(2)14(15)13(9)10-4-6-11(18-3)7-5-10/h4-7H,1-3H3. The summed E-state index contributed by atoms with van der Waals surface area (Å²) in [4.78, 5) is 0. The lowest BCUT2D eigenvalue weighted by Gasteiger charge is -2.04. The van der Waals surface area contributed by atoms with Gasteiger partial charge in [-0.1, -0.05) is 23.7 Å². The Bertz CT molecular complexity index is 621. The summed E-state index contributed by atoms with van der Waals surface area (Å²) in [5.74, 6) is 0.795. The molecule has 92 valence electrons. The molecule has 2 rings (SSSR count). The van der Waals surface area contributed by atoms with E-state index in [4.69, 9.17) is 21.6 Å². The Kier molecular flexibility index (Phi) is 3.31. The van der Waals surface area contributed by atoms with Crippen molar-refractivity contribution in [2.75, 3.05) is 7.11 Å². The number of hydrogen-bond acceptors (Lipinski definition) is 2. The number of benzene rings is 1. The van der Waals surface area contributed by atoms with Crippen LogP contribution in [-0.2, 0) is 7.05 Å². The molecule has 0 fully saturated rings. The number of halogens is 1. The van der Waals surface area contributed by atoms with E-state index in [1.165, 1.54) is 0 Å². The Morgan fingerprint density at radius 1 is 1.28 bits per heavy atom. The van der Waals surface area contributed by atoms with Gasteiger partial charge in [0.15, 0.2) is 0 Å². The topological polar surface area (TPSA) is 37.9 Å². The van der Waals surface area contributed by atoms with Crippen molar-refractivity contribution in [1.82, 2.24) is 4.57 Å². The Balaban J connectivity index is 2.61. The molecule has 0 aliphatic heterocycles. The second kappa shape index (κ2) is 4.75. The van der Waals surface area contributed by atoms with Crippen molar-refractivity contribution >= 4 is 11.6 Å². The molecule has 2 aromatic rings. The molecule has 1 aromatic heterocycles. The summed E-state index contributed by atoms with van der Waals surface area (Å²) in [5, 5.41) is 9.69. The number of methoxy groups -OCH3 is 1. The molecule has 1 aromatic carbocycles. The summed E-state index contributed by atoms with van der Waals surface area (Å²) in [6.07, 6.45) is 0. The van der Waals surface area contributed by atoms with Gasteiger partial charge < -0.3 is 9.30 Å². The molecule has 0 amide bonds. The molecule has 0 aliphatic carbocycles. The Morgan fingerprint density at radius 3 is 2.33 bits per heavy atom. The largest absolute Gasteiger partial charge is 0.497 e. The van der Waals surface area contributed by atoms with Crippen molar-refractivity contribution in [3.63, 3.8) is 0 Å². The van der Waals surface area contributed by atoms with Crippen LogP contribution in [0.1, 0.15) is 11.3 Å². The van der Waals surface area contributed by atoms with Crippen LogP contribution in [0.15, 0.2) is 24.3 Å². The molecule has 0 unspecified atom stereocenters. The lowest BCUT2D eigenvalue weighted by atomic mass is 10.0. The van der Waals surface area contributed by atoms with E-state index < -0.39 is 0 Å². The zero-order chi connectivity index (χ0) is 13.3. The summed E-state index contributed by atoms with van der Waals surface area (Å²) < 4.78 is 6.83. The maximum atomic E-state index is 9.12. The predicted molar refractivity (Wildman–Crippen MR) is 71.9 cm³/mol. The van der Waals surface area contributed by atoms with E-state index in [0.29, 0.717) is 10.8 Å². The number of nitrogens with zero attached hydrogens (tertiary/aromatic N) is 2. The number of nitriles is 1. The third-order valence-electron chi connectivity index (χ3n) is 3.05. The minimum absolute atomic E-state index is 0.578. The first-order chi connectivity index (χ1) is 8.60. The Morgan fingerprint density at radius 2 is 1.89 bits per heavy atom. The lowest BCUT2D eigenvalue weighted by molar-refractivity contribution is 0.415. The van der Waals surface area contributed by atoms with Crippen molar-refractivity contribution < 1.29 is 4.74 Å². The number of rotatable bonds is 2. The minimum Gasteiger partial charge on any atom is -0.497 e. The summed E-state index contributed by atoms with van der Waals surface area (Å²) in [6.45, 7) is 1.91. The second-order valence-corrected chi connectivity index (χ2v) is 4.40. The number of hydrogen-bond donors (Lipinski definition) is 0. The van der Waals surface area contributed by atoms with Gasteiger partial charge in [0.25, 0.3) is 0 Å². The van der Waals surface area contributed by atoms with Crippen LogP contribution in [-0.4, -0.2) is 11.7 Å². The average Bonchev–Trinajstić information content (AvgIpc) is 2.60. The third-order valence-corrected chi connectivity index (χ3v) is 3.49. The fraction of sp³-hybridized carbons (Fsp3) is 0.214. The molecular weight excluding hydrogens is 248 g/mol. The highest BCUT2D eigenvalue weighted by Crippen LogP contribution is 2.35. The average molecular weight is 261 g/mol. The molecule has 18 heavy (non-hydrogen) atoms. The molecule has 4 heteroatoms. The van der Waals surface area contributed by atoms with Gasteiger partial charge in [0.1, 0.15) is 22.7 Å². The molecule has 0 saturated heterocycles. The normalized spacial score (nSPS) is 10.2. The molecular formula is C14H13ClN2O. The molecule has 0 aliphatic rings. The SMILES string of the molecule is COc1ccc(-c2c(C)c(C#N)n(C)c2Cl)cc1. The van der Waals surface area contributed by atoms with E-state index in [1.54, 1.807) is 18.7 Å². The van der Waals surface area contributed by atoms with Gasteiger partial charge in [-0.05, 0) is 30.2 Å².